The first-order chi connectivity index (χ1) is 12.7. The van der Waals surface area contributed by atoms with Gasteiger partial charge in [-0.3, -0.25) is 4.79 Å². The first-order valence-corrected chi connectivity index (χ1v) is 9.57. The van der Waals surface area contributed by atoms with Crippen LogP contribution in [-0.2, 0) is 22.3 Å². The Balaban J connectivity index is 2.00. The average molecular weight is 380 g/mol. The van der Waals surface area contributed by atoms with E-state index in [4.69, 9.17) is 9.47 Å². The lowest BCUT2D eigenvalue weighted by Crippen LogP contribution is -2.56. The Hall–Kier alpha value is -2.09. The van der Waals surface area contributed by atoms with Crippen molar-refractivity contribution in [2.24, 2.45) is 0 Å². The number of rotatable bonds is 5. The maximum absolute atomic E-state index is 12.6. The van der Waals surface area contributed by atoms with Gasteiger partial charge in [-0.25, -0.2) is 9.78 Å². The van der Waals surface area contributed by atoms with E-state index in [0.717, 1.165) is 24.2 Å². The van der Waals surface area contributed by atoms with Crippen LogP contribution in [0.25, 0.3) is 0 Å². The summed E-state index contributed by atoms with van der Waals surface area (Å²) in [5, 5.41) is 3.00. The third-order valence-electron chi connectivity index (χ3n) is 4.60. The maximum atomic E-state index is 12.6. The zero-order chi connectivity index (χ0) is 20.2. The molecule has 0 radical (unpaired) electrons. The largest absolute Gasteiger partial charge is 0.444 e. The van der Waals surface area contributed by atoms with Crippen molar-refractivity contribution in [3.63, 3.8) is 0 Å². The number of imidazole rings is 1. The van der Waals surface area contributed by atoms with Gasteiger partial charge in [-0.2, -0.15) is 0 Å². The van der Waals surface area contributed by atoms with E-state index in [1.165, 1.54) is 0 Å². The minimum absolute atomic E-state index is 0.193. The van der Waals surface area contributed by atoms with E-state index < -0.39 is 5.60 Å². The van der Waals surface area contributed by atoms with E-state index in [2.05, 4.69) is 15.3 Å². The fourth-order valence-electron chi connectivity index (χ4n) is 3.19. The number of H-pyrrole nitrogens is 1. The van der Waals surface area contributed by atoms with Gasteiger partial charge in [-0.1, -0.05) is 13.8 Å². The predicted octanol–water partition coefficient (Wildman–Crippen LogP) is 2.29. The molecule has 8 nitrogen and oxygen atoms in total. The summed E-state index contributed by atoms with van der Waals surface area (Å²) >= 11 is 0. The first kappa shape index (κ1) is 21.2. The van der Waals surface area contributed by atoms with Crippen LogP contribution < -0.4 is 5.32 Å². The molecule has 2 amide bonds. The van der Waals surface area contributed by atoms with E-state index in [-0.39, 0.29) is 24.1 Å². The molecule has 8 heteroatoms. The van der Waals surface area contributed by atoms with Crippen LogP contribution in [0.3, 0.4) is 0 Å². The highest BCUT2D eigenvalue weighted by Gasteiger charge is 2.35. The van der Waals surface area contributed by atoms with Gasteiger partial charge in [0.2, 0.25) is 0 Å². The molecule has 0 aromatic carbocycles. The summed E-state index contributed by atoms with van der Waals surface area (Å²) in [5.74, 6) is 0.0790. The third kappa shape index (κ3) is 5.45. The Morgan fingerprint density at radius 1 is 1.30 bits per heavy atom. The Morgan fingerprint density at radius 2 is 2.00 bits per heavy atom. The molecular weight excluding hydrogens is 348 g/mol. The highest BCUT2D eigenvalue weighted by molar-refractivity contribution is 5.91. The molecule has 1 saturated heterocycles. The minimum Gasteiger partial charge on any atom is -0.444 e. The predicted molar refractivity (Wildman–Crippen MR) is 102 cm³/mol. The summed E-state index contributed by atoms with van der Waals surface area (Å²) in [5.41, 5.74) is 1.37. The highest BCUT2D eigenvalue weighted by Crippen LogP contribution is 2.18. The number of nitrogens with zero attached hydrogens (tertiary/aromatic N) is 2. The topological polar surface area (TPSA) is 96.6 Å². The van der Waals surface area contributed by atoms with Gasteiger partial charge in [0.25, 0.3) is 5.91 Å². The van der Waals surface area contributed by atoms with Crippen LogP contribution in [0.2, 0.25) is 0 Å². The number of amides is 2. The second-order valence-electron chi connectivity index (χ2n) is 7.79. The van der Waals surface area contributed by atoms with Crippen molar-refractivity contribution in [1.82, 2.24) is 20.2 Å². The summed E-state index contributed by atoms with van der Waals surface area (Å²) in [7, 11) is 1.58. The second-order valence-corrected chi connectivity index (χ2v) is 7.79. The molecule has 2 N–H and O–H groups in total. The van der Waals surface area contributed by atoms with Crippen molar-refractivity contribution in [2.75, 3.05) is 20.2 Å². The Bertz CT molecular complexity index is 644. The minimum atomic E-state index is -0.544. The number of hydrogen-bond donors (Lipinski definition) is 2. The number of aryl methyl sites for hydroxylation is 2. The number of ether oxygens (including phenoxy) is 2. The zero-order valence-corrected chi connectivity index (χ0v) is 17.2. The van der Waals surface area contributed by atoms with Gasteiger partial charge >= 0.3 is 6.09 Å². The number of hydrogen-bond acceptors (Lipinski definition) is 5. The first-order valence-electron chi connectivity index (χ1n) is 9.57. The molecule has 2 rings (SSSR count). The molecule has 0 spiro atoms. The Morgan fingerprint density at radius 3 is 2.52 bits per heavy atom. The Labute approximate surface area is 161 Å². The summed E-state index contributed by atoms with van der Waals surface area (Å²) in [6.07, 6.45) is 1.51. The number of nitrogens with one attached hydrogen (secondary N) is 2. The van der Waals surface area contributed by atoms with Crippen molar-refractivity contribution >= 4 is 12.0 Å². The van der Waals surface area contributed by atoms with Gasteiger partial charge in [0.05, 0.1) is 24.4 Å². The monoisotopic (exact) mass is 380 g/mol. The number of aromatic nitrogens is 2. The van der Waals surface area contributed by atoms with Crippen LogP contribution in [0.15, 0.2) is 0 Å². The van der Waals surface area contributed by atoms with Gasteiger partial charge in [-0.15, -0.1) is 0 Å². The number of carbonyl (C=O) groups excluding carboxylic acids is 2. The normalized spacial score (nSPS) is 20.4. The lowest BCUT2D eigenvalue weighted by molar-refractivity contribution is -0.0172. The average Bonchev–Trinajstić information content (AvgIpc) is 3.04. The van der Waals surface area contributed by atoms with Crippen LogP contribution in [-0.4, -0.2) is 64.8 Å². The maximum Gasteiger partial charge on any atom is 0.410 e. The van der Waals surface area contributed by atoms with Crippen LogP contribution in [0, 0.1) is 0 Å². The lowest BCUT2D eigenvalue weighted by Gasteiger charge is -2.38. The van der Waals surface area contributed by atoms with Crippen molar-refractivity contribution < 1.29 is 19.1 Å². The number of carbonyl (C=O) groups is 2. The van der Waals surface area contributed by atoms with Gasteiger partial charge < -0.3 is 24.7 Å². The molecule has 0 aliphatic carbocycles. The third-order valence-corrected chi connectivity index (χ3v) is 4.60. The quantitative estimate of drug-likeness (QED) is 0.817. The fourth-order valence-corrected chi connectivity index (χ4v) is 3.19. The number of methoxy groups -OCH3 is 1. The molecule has 1 aromatic rings. The molecule has 1 aliphatic heterocycles. The molecule has 1 aliphatic rings. The van der Waals surface area contributed by atoms with Gasteiger partial charge in [-0.05, 0) is 40.0 Å². The smallest absolute Gasteiger partial charge is 0.410 e. The van der Waals surface area contributed by atoms with Crippen LogP contribution in [0.4, 0.5) is 4.79 Å². The van der Waals surface area contributed by atoms with E-state index >= 15 is 0 Å². The highest BCUT2D eigenvalue weighted by atomic mass is 16.6. The molecule has 0 bridgehead atoms. The summed E-state index contributed by atoms with van der Waals surface area (Å²) in [6, 6.07) is -0.193. The van der Waals surface area contributed by atoms with E-state index in [9.17, 15) is 9.59 Å². The molecular formula is C19H32N4O4. The van der Waals surface area contributed by atoms with Crippen molar-refractivity contribution in [3.8, 4) is 0 Å². The molecule has 2 heterocycles. The van der Waals surface area contributed by atoms with Gasteiger partial charge in [0.1, 0.15) is 5.60 Å². The van der Waals surface area contributed by atoms with E-state index in [1.807, 2.05) is 34.6 Å². The molecule has 27 heavy (non-hydrogen) atoms. The molecule has 1 fully saturated rings. The summed E-state index contributed by atoms with van der Waals surface area (Å²) < 4.78 is 11.0. The number of aromatic amines is 1. The fraction of sp³-hybridized carbons (Fsp3) is 0.737. The molecule has 0 saturated carbocycles. The number of piperidine rings is 1. The van der Waals surface area contributed by atoms with Gasteiger partial charge in [0.15, 0.2) is 5.82 Å². The number of likely N-dealkylation sites (tertiary alicyclic amines) is 1. The molecule has 0 unspecified atom stereocenters. The molecule has 2 atom stereocenters. The second kappa shape index (κ2) is 8.73. The summed E-state index contributed by atoms with van der Waals surface area (Å²) in [4.78, 5) is 34.0. The van der Waals surface area contributed by atoms with Crippen LogP contribution >= 0.6 is 0 Å². The molecule has 1 aromatic heterocycles. The van der Waals surface area contributed by atoms with Crippen molar-refractivity contribution in [3.05, 3.63) is 17.2 Å². The van der Waals surface area contributed by atoms with Crippen LogP contribution in [0.5, 0.6) is 0 Å². The Kier molecular flexibility index (Phi) is 6.86. The molecule has 152 valence electrons. The summed E-state index contributed by atoms with van der Waals surface area (Å²) in [6.45, 7) is 10.4. The SMILES string of the molecule is CCc1nc(C(=O)N[C@H]2CCN(C(=O)OC(C)(C)C)C[C@H]2OC)[nH]c1CC. The lowest BCUT2D eigenvalue weighted by atomic mass is 10.0. The van der Waals surface area contributed by atoms with Crippen molar-refractivity contribution in [1.29, 1.82) is 0 Å². The van der Waals surface area contributed by atoms with E-state index in [1.54, 1.807) is 12.0 Å². The standard InChI is InChI=1S/C19H32N4O4/c1-7-12-13(8-2)21-16(20-12)17(24)22-14-9-10-23(11-15(14)26-6)18(25)27-19(3,4)5/h14-15H,7-11H2,1-6H3,(H,20,21)(H,22,24)/t14-,15+/m0/s1. The zero-order valence-electron chi connectivity index (χ0n) is 17.2. The van der Waals surface area contributed by atoms with Crippen LogP contribution in [0.1, 0.15) is 63.0 Å². The van der Waals surface area contributed by atoms with E-state index in [0.29, 0.717) is 25.3 Å². The van der Waals surface area contributed by atoms with Gasteiger partial charge in [0, 0.05) is 19.3 Å². The van der Waals surface area contributed by atoms with Crippen molar-refractivity contribution in [2.45, 2.75) is 71.6 Å².